The van der Waals surface area contributed by atoms with E-state index in [0.717, 1.165) is 35.7 Å². The molecule has 15 nitrogen and oxygen atoms in total. The molecule has 19 heteroatoms. The Bertz CT molecular complexity index is 2310. The van der Waals surface area contributed by atoms with E-state index in [1.54, 1.807) is 40.7 Å². The van der Waals surface area contributed by atoms with Gasteiger partial charge in [-0.25, -0.2) is 9.97 Å². The van der Waals surface area contributed by atoms with Crippen LogP contribution in [0.25, 0.3) is 17.2 Å². The fraction of sp³-hybridized carbons (Fsp3) is 0.378. The van der Waals surface area contributed by atoms with Gasteiger partial charge >= 0.3 is 6.18 Å². The van der Waals surface area contributed by atoms with Crippen molar-refractivity contribution in [1.29, 1.82) is 0 Å². The molecule has 296 valence electrons. The number of rotatable bonds is 12. The highest BCUT2D eigenvalue weighted by molar-refractivity contribution is 6.33. The molecule has 0 bridgehead atoms. The van der Waals surface area contributed by atoms with Crippen LogP contribution >= 0.6 is 11.6 Å². The molecule has 0 aliphatic carbocycles. The highest BCUT2D eigenvalue weighted by Gasteiger charge is 2.32. The van der Waals surface area contributed by atoms with E-state index >= 15 is 0 Å². The summed E-state index contributed by atoms with van der Waals surface area (Å²) in [7, 11) is 3.97. The molecular formula is C37H40ClF3N10O5. The third-order valence-electron chi connectivity index (χ3n) is 9.25. The number of amides is 2. The number of carbonyl (C=O) groups excluding carboxylic acids is 2. The number of nitrogens with zero attached hydrogens (tertiary/aromatic N) is 9. The average Bonchev–Trinajstić information content (AvgIpc) is 3.62. The molecule has 1 saturated heterocycles. The third kappa shape index (κ3) is 8.55. The van der Waals surface area contributed by atoms with Gasteiger partial charge in [0.05, 0.1) is 34.3 Å². The number of ether oxygens (including phenoxy) is 1. The maximum atomic E-state index is 14.3. The SMILES string of the molecule is CCc1c(N2CCN(C(=O)c3ncnc(C)c3O)CC2)c(=O)n2nc(-c3ccc(OCCCN(C)C)cc3)nc2n1CC(=O)Nc1ccc(C(F)(F)F)cc1Cl. The molecule has 0 radical (unpaired) electrons. The van der Waals surface area contributed by atoms with E-state index < -0.39 is 35.7 Å². The molecule has 0 atom stereocenters. The minimum Gasteiger partial charge on any atom is -0.504 e. The van der Waals surface area contributed by atoms with Crippen LogP contribution in [-0.4, -0.2) is 109 Å². The van der Waals surface area contributed by atoms with Crippen LogP contribution < -0.4 is 20.5 Å². The number of carbonyl (C=O) groups is 2. The number of aryl methyl sites for hydroxylation is 1. The second-order valence-electron chi connectivity index (χ2n) is 13.4. The van der Waals surface area contributed by atoms with Crippen LogP contribution in [0.4, 0.5) is 24.5 Å². The van der Waals surface area contributed by atoms with Crippen LogP contribution in [0, 0.1) is 6.92 Å². The second kappa shape index (κ2) is 16.5. The minimum atomic E-state index is -4.62. The van der Waals surface area contributed by atoms with Crippen molar-refractivity contribution in [2.45, 2.75) is 39.4 Å². The predicted octanol–water partition coefficient (Wildman–Crippen LogP) is 4.53. The maximum absolute atomic E-state index is 14.3. The van der Waals surface area contributed by atoms with Gasteiger partial charge in [-0.2, -0.15) is 22.7 Å². The van der Waals surface area contributed by atoms with Gasteiger partial charge in [0.15, 0.2) is 17.3 Å². The molecule has 1 fully saturated rings. The number of halogens is 4. The summed E-state index contributed by atoms with van der Waals surface area (Å²) >= 11 is 6.15. The van der Waals surface area contributed by atoms with Crippen LogP contribution in [0.15, 0.2) is 53.6 Å². The number of alkyl halides is 3. The first-order valence-electron chi connectivity index (χ1n) is 17.8. The van der Waals surface area contributed by atoms with Crippen molar-refractivity contribution in [3.05, 3.63) is 86.8 Å². The largest absolute Gasteiger partial charge is 0.504 e. The Morgan fingerprint density at radius 2 is 1.77 bits per heavy atom. The summed E-state index contributed by atoms with van der Waals surface area (Å²) in [6.45, 7) is 5.17. The number of hydrogen-bond acceptors (Lipinski definition) is 11. The van der Waals surface area contributed by atoms with Gasteiger partial charge in [0.2, 0.25) is 11.7 Å². The molecule has 2 aromatic carbocycles. The highest BCUT2D eigenvalue weighted by atomic mass is 35.5. The van der Waals surface area contributed by atoms with Gasteiger partial charge in [0.25, 0.3) is 11.5 Å². The minimum absolute atomic E-state index is 0.0307. The fourth-order valence-corrected chi connectivity index (χ4v) is 6.58. The van der Waals surface area contributed by atoms with E-state index in [9.17, 15) is 32.7 Å². The van der Waals surface area contributed by atoms with Crippen LogP contribution in [0.3, 0.4) is 0 Å². The van der Waals surface area contributed by atoms with Crippen LogP contribution in [0.2, 0.25) is 5.02 Å². The zero-order chi connectivity index (χ0) is 40.3. The summed E-state index contributed by atoms with van der Waals surface area (Å²) < 4.78 is 48.3. The molecule has 1 aliphatic heterocycles. The second-order valence-corrected chi connectivity index (χ2v) is 13.8. The van der Waals surface area contributed by atoms with Crippen LogP contribution in [-0.2, 0) is 23.9 Å². The quantitative estimate of drug-likeness (QED) is 0.171. The van der Waals surface area contributed by atoms with Gasteiger partial charge in [-0.3, -0.25) is 14.4 Å². The number of fused-ring (bicyclic) bond motifs is 1. The Hall–Kier alpha value is -5.75. The summed E-state index contributed by atoms with van der Waals surface area (Å²) in [6.07, 6.45) is -2.31. The van der Waals surface area contributed by atoms with Crippen molar-refractivity contribution >= 4 is 40.6 Å². The first kappa shape index (κ1) is 39.9. The lowest BCUT2D eigenvalue weighted by Gasteiger charge is -2.36. The molecular weight excluding hydrogens is 757 g/mol. The number of aromatic hydroxyl groups is 1. The van der Waals surface area contributed by atoms with Gasteiger partial charge in [-0.15, -0.1) is 5.10 Å². The first-order valence-corrected chi connectivity index (χ1v) is 18.2. The van der Waals surface area contributed by atoms with E-state index in [0.29, 0.717) is 23.6 Å². The molecule has 6 rings (SSSR count). The molecule has 3 aromatic heterocycles. The molecule has 5 aromatic rings. The number of anilines is 2. The smallest absolute Gasteiger partial charge is 0.416 e. The maximum Gasteiger partial charge on any atom is 0.416 e. The first-order chi connectivity index (χ1) is 26.7. The molecule has 2 N–H and O–H groups in total. The Labute approximate surface area is 324 Å². The Kier molecular flexibility index (Phi) is 11.8. The van der Waals surface area contributed by atoms with Gasteiger partial charge in [-0.1, -0.05) is 18.5 Å². The standard InChI is InChI=1S/C37H40ClF3N10O5/c1-5-28-31(48-14-16-49(17-15-48)34(54)30-32(53)22(2)42-21-43-30)35(55)51-36(45-33(46-51)23-7-10-25(11-8-23)56-18-6-13-47(3)4)50(28)20-29(52)44-27-12-9-24(19-26(27)38)37(39,40)41/h7-12,19,21,53H,5-6,13-18,20H2,1-4H3,(H,44,52). The number of nitrogens with one attached hydrogen (secondary N) is 1. The summed E-state index contributed by atoms with van der Waals surface area (Å²) in [6, 6.07) is 9.69. The zero-order valence-corrected chi connectivity index (χ0v) is 31.9. The average molecular weight is 797 g/mol. The number of piperazine rings is 1. The number of hydrogen-bond donors (Lipinski definition) is 2. The Morgan fingerprint density at radius 1 is 1.05 bits per heavy atom. The predicted molar refractivity (Wildman–Crippen MR) is 202 cm³/mol. The van der Waals surface area contributed by atoms with Crippen LogP contribution in [0.5, 0.6) is 11.5 Å². The highest BCUT2D eigenvalue weighted by Crippen LogP contribution is 2.34. The summed E-state index contributed by atoms with van der Waals surface area (Å²) in [5.41, 5.74) is -0.0871. The molecule has 0 spiro atoms. The van der Waals surface area contributed by atoms with E-state index in [-0.39, 0.29) is 77.7 Å². The van der Waals surface area contributed by atoms with Crippen LogP contribution in [0.1, 0.15) is 40.8 Å². The van der Waals surface area contributed by atoms with Gasteiger partial charge < -0.3 is 34.4 Å². The number of benzene rings is 2. The molecule has 0 unspecified atom stereocenters. The summed E-state index contributed by atoms with van der Waals surface area (Å²) in [5.74, 6) is -0.522. The van der Waals surface area contributed by atoms with Crippen molar-refractivity contribution in [2.75, 3.05) is 63.6 Å². The van der Waals surface area contributed by atoms with E-state index in [2.05, 4.69) is 25.3 Å². The lowest BCUT2D eigenvalue weighted by molar-refractivity contribution is -0.137. The normalized spacial score (nSPS) is 13.4. The Morgan fingerprint density at radius 3 is 2.41 bits per heavy atom. The molecule has 1 aliphatic rings. The van der Waals surface area contributed by atoms with Crippen molar-refractivity contribution in [2.24, 2.45) is 0 Å². The Balaban J connectivity index is 1.34. The molecule has 0 saturated carbocycles. The van der Waals surface area contributed by atoms with Crippen molar-refractivity contribution in [1.82, 2.24) is 38.9 Å². The molecule has 2 amide bonds. The topological polar surface area (TPSA) is 163 Å². The number of aromatic nitrogens is 6. The zero-order valence-electron chi connectivity index (χ0n) is 31.1. The van der Waals surface area contributed by atoms with Gasteiger partial charge in [-0.05, 0) is 76.3 Å². The third-order valence-corrected chi connectivity index (χ3v) is 9.57. The molecule has 56 heavy (non-hydrogen) atoms. The van der Waals surface area contributed by atoms with Gasteiger partial charge in [0.1, 0.15) is 24.3 Å². The fourth-order valence-electron chi connectivity index (χ4n) is 6.36. The van der Waals surface area contributed by atoms with Crippen molar-refractivity contribution < 1.29 is 32.6 Å². The van der Waals surface area contributed by atoms with E-state index in [4.69, 9.17) is 21.3 Å². The monoisotopic (exact) mass is 796 g/mol. The lowest BCUT2D eigenvalue weighted by atomic mass is 10.2. The summed E-state index contributed by atoms with van der Waals surface area (Å²) in [4.78, 5) is 59.2. The molecule has 4 heterocycles. The van der Waals surface area contributed by atoms with Crippen molar-refractivity contribution in [3.63, 3.8) is 0 Å². The van der Waals surface area contributed by atoms with E-state index in [1.807, 2.05) is 21.0 Å². The summed E-state index contributed by atoms with van der Waals surface area (Å²) in [5, 5.41) is 17.3. The van der Waals surface area contributed by atoms with Gasteiger partial charge in [0, 0.05) is 38.3 Å². The van der Waals surface area contributed by atoms with E-state index in [1.165, 1.54) is 11.2 Å². The lowest BCUT2D eigenvalue weighted by Crippen LogP contribution is -2.51. The van der Waals surface area contributed by atoms with Crippen molar-refractivity contribution in [3.8, 4) is 22.9 Å².